The second-order valence-corrected chi connectivity index (χ2v) is 5.62. The predicted molar refractivity (Wildman–Crippen MR) is 85.6 cm³/mol. The van der Waals surface area contributed by atoms with Gasteiger partial charge in [-0.1, -0.05) is 18.2 Å². The highest BCUT2D eigenvalue weighted by Gasteiger charge is 2.23. The Balaban J connectivity index is 1.45. The number of rotatable bonds is 4. The van der Waals surface area contributed by atoms with Gasteiger partial charge in [0.1, 0.15) is 0 Å². The van der Waals surface area contributed by atoms with Gasteiger partial charge in [-0.3, -0.25) is 4.68 Å². The molecule has 1 aromatic carbocycles. The molecule has 2 amide bonds. The molecule has 1 atom stereocenters. The summed E-state index contributed by atoms with van der Waals surface area (Å²) >= 11 is 0. The molecular weight excluding hydrogens is 278 g/mol. The van der Waals surface area contributed by atoms with E-state index in [9.17, 15) is 4.79 Å². The number of urea groups is 1. The summed E-state index contributed by atoms with van der Waals surface area (Å²) in [6.45, 7) is 2.32. The first-order chi connectivity index (χ1) is 10.7. The lowest BCUT2D eigenvalue weighted by molar-refractivity contribution is 0.237. The van der Waals surface area contributed by atoms with E-state index in [1.807, 2.05) is 31.4 Å². The van der Waals surface area contributed by atoms with Crippen LogP contribution in [0.2, 0.25) is 0 Å². The van der Waals surface area contributed by atoms with Crippen molar-refractivity contribution in [3.8, 4) is 0 Å². The maximum Gasteiger partial charge on any atom is 0.315 e. The van der Waals surface area contributed by atoms with Crippen molar-refractivity contribution < 1.29 is 4.79 Å². The first-order valence-corrected chi connectivity index (χ1v) is 7.52. The van der Waals surface area contributed by atoms with Crippen LogP contribution in [0.1, 0.15) is 12.0 Å². The van der Waals surface area contributed by atoms with E-state index in [1.165, 1.54) is 5.69 Å². The van der Waals surface area contributed by atoms with Crippen molar-refractivity contribution in [2.24, 2.45) is 7.05 Å². The van der Waals surface area contributed by atoms with Gasteiger partial charge < -0.3 is 15.5 Å². The molecule has 0 bridgehead atoms. The zero-order valence-corrected chi connectivity index (χ0v) is 12.7. The summed E-state index contributed by atoms with van der Waals surface area (Å²) in [5.41, 5.74) is 2.21. The Morgan fingerprint density at radius 2 is 2.18 bits per heavy atom. The van der Waals surface area contributed by atoms with Crippen LogP contribution < -0.4 is 15.5 Å². The predicted octanol–water partition coefficient (Wildman–Crippen LogP) is 1.50. The van der Waals surface area contributed by atoms with Crippen molar-refractivity contribution in [2.45, 2.75) is 19.0 Å². The zero-order chi connectivity index (χ0) is 15.4. The minimum atomic E-state index is -0.122. The van der Waals surface area contributed by atoms with E-state index in [-0.39, 0.29) is 12.1 Å². The molecule has 2 aromatic rings. The second-order valence-electron chi connectivity index (χ2n) is 5.62. The molecule has 3 rings (SSSR count). The molecule has 1 fully saturated rings. The summed E-state index contributed by atoms with van der Waals surface area (Å²) in [5.74, 6) is 0. The van der Waals surface area contributed by atoms with Gasteiger partial charge in [0.25, 0.3) is 0 Å². The lowest BCUT2D eigenvalue weighted by Gasteiger charge is -2.19. The van der Waals surface area contributed by atoms with Crippen LogP contribution in [0.25, 0.3) is 0 Å². The number of benzene rings is 1. The van der Waals surface area contributed by atoms with Crippen molar-refractivity contribution in [3.63, 3.8) is 0 Å². The van der Waals surface area contributed by atoms with Crippen molar-refractivity contribution in [2.75, 3.05) is 18.0 Å². The summed E-state index contributed by atoms with van der Waals surface area (Å²) in [6.07, 6.45) is 4.62. The third kappa shape index (κ3) is 3.58. The molecule has 0 saturated carbocycles. The number of carbonyl (C=O) groups excluding carboxylic acids is 1. The summed E-state index contributed by atoms with van der Waals surface area (Å²) in [4.78, 5) is 14.3. The number of hydrogen-bond donors (Lipinski definition) is 2. The highest BCUT2D eigenvalue weighted by atomic mass is 16.2. The molecule has 1 aliphatic rings. The quantitative estimate of drug-likeness (QED) is 0.899. The normalized spacial score (nSPS) is 17.5. The maximum atomic E-state index is 12.0. The molecule has 2 heterocycles. The Hall–Kier alpha value is -2.50. The van der Waals surface area contributed by atoms with Crippen LogP contribution >= 0.6 is 0 Å². The highest BCUT2D eigenvalue weighted by Crippen LogP contribution is 2.19. The van der Waals surface area contributed by atoms with Crippen LogP contribution in [0.15, 0.2) is 42.7 Å². The van der Waals surface area contributed by atoms with Crippen molar-refractivity contribution in [1.82, 2.24) is 20.4 Å². The fourth-order valence-electron chi connectivity index (χ4n) is 2.73. The smallest absolute Gasteiger partial charge is 0.315 e. The van der Waals surface area contributed by atoms with E-state index >= 15 is 0 Å². The van der Waals surface area contributed by atoms with Crippen molar-refractivity contribution in [1.29, 1.82) is 0 Å². The fourth-order valence-corrected chi connectivity index (χ4v) is 2.73. The van der Waals surface area contributed by atoms with Gasteiger partial charge in [0, 0.05) is 50.2 Å². The molecule has 6 nitrogen and oxygen atoms in total. The molecule has 0 aliphatic carbocycles. The molecular formula is C16H21N5O. The SMILES string of the molecule is Cn1cc(CNC(=O)NC2CCN(c3ccccc3)C2)cn1. The van der Waals surface area contributed by atoms with Crippen molar-refractivity contribution >= 4 is 11.7 Å². The average molecular weight is 299 g/mol. The van der Waals surface area contributed by atoms with Gasteiger partial charge in [0.2, 0.25) is 0 Å². The molecule has 2 N–H and O–H groups in total. The Morgan fingerprint density at radius 1 is 1.36 bits per heavy atom. The van der Waals surface area contributed by atoms with Crippen LogP contribution in [0, 0.1) is 0 Å². The van der Waals surface area contributed by atoms with E-state index in [0.717, 1.165) is 25.1 Å². The van der Waals surface area contributed by atoms with Crippen molar-refractivity contribution in [3.05, 3.63) is 48.3 Å². The second kappa shape index (κ2) is 6.51. The monoisotopic (exact) mass is 299 g/mol. The van der Waals surface area contributed by atoms with Gasteiger partial charge in [0.05, 0.1) is 6.20 Å². The largest absolute Gasteiger partial charge is 0.369 e. The number of anilines is 1. The number of nitrogens with zero attached hydrogens (tertiary/aromatic N) is 3. The number of carbonyl (C=O) groups is 1. The molecule has 1 unspecified atom stereocenters. The molecule has 0 radical (unpaired) electrons. The number of aryl methyl sites for hydroxylation is 1. The van der Waals surface area contributed by atoms with E-state index < -0.39 is 0 Å². The summed E-state index contributed by atoms with van der Waals surface area (Å²) in [5, 5.41) is 9.99. The number of amides is 2. The molecule has 1 aromatic heterocycles. The average Bonchev–Trinajstić information content (AvgIpc) is 3.15. The number of nitrogens with one attached hydrogen (secondary N) is 2. The molecule has 22 heavy (non-hydrogen) atoms. The third-order valence-corrected chi connectivity index (χ3v) is 3.86. The van der Waals surface area contributed by atoms with Gasteiger partial charge in [0.15, 0.2) is 0 Å². The Kier molecular flexibility index (Phi) is 4.27. The van der Waals surface area contributed by atoms with Crippen LogP contribution in [0.4, 0.5) is 10.5 Å². The topological polar surface area (TPSA) is 62.2 Å². The van der Waals surface area contributed by atoms with Gasteiger partial charge >= 0.3 is 6.03 Å². The summed E-state index contributed by atoms with van der Waals surface area (Å²) < 4.78 is 1.73. The van der Waals surface area contributed by atoms with Crippen LogP contribution in [-0.4, -0.2) is 34.9 Å². The van der Waals surface area contributed by atoms with E-state index in [0.29, 0.717) is 6.54 Å². The van der Waals surface area contributed by atoms with Gasteiger partial charge in [-0.05, 0) is 18.6 Å². The van der Waals surface area contributed by atoms with Crippen LogP contribution in [0.3, 0.4) is 0 Å². The molecule has 0 spiro atoms. The van der Waals surface area contributed by atoms with E-state index in [1.54, 1.807) is 10.9 Å². The van der Waals surface area contributed by atoms with E-state index in [4.69, 9.17) is 0 Å². The first-order valence-electron chi connectivity index (χ1n) is 7.52. The van der Waals surface area contributed by atoms with Crippen LogP contribution in [0.5, 0.6) is 0 Å². The standard InChI is InChI=1S/C16H21N5O/c1-20-11-13(10-18-20)9-17-16(22)19-14-7-8-21(12-14)15-5-3-2-4-6-15/h2-6,10-11,14H,7-9,12H2,1H3,(H2,17,19,22). The Bertz CT molecular complexity index is 624. The maximum absolute atomic E-state index is 12.0. The van der Waals surface area contributed by atoms with Gasteiger partial charge in [-0.15, -0.1) is 0 Å². The molecule has 116 valence electrons. The van der Waals surface area contributed by atoms with E-state index in [2.05, 4.69) is 32.8 Å². The lowest BCUT2D eigenvalue weighted by atomic mass is 10.3. The van der Waals surface area contributed by atoms with Gasteiger partial charge in [-0.2, -0.15) is 5.10 Å². The lowest BCUT2D eigenvalue weighted by Crippen LogP contribution is -2.43. The number of aromatic nitrogens is 2. The van der Waals surface area contributed by atoms with Crippen LogP contribution in [-0.2, 0) is 13.6 Å². The number of hydrogen-bond acceptors (Lipinski definition) is 3. The van der Waals surface area contributed by atoms with Gasteiger partial charge in [-0.25, -0.2) is 4.79 Å². The number of para-hydroxylation sites is 1. The Labute approximate surface area is 130 Å². The zero-order valence-electron chi connectivity index (χ0n) is 12.7. The molecule has 1 saturated heterocycles. The first kappa shape index (κ1) is 14.4. The minimum absolute atomic E-state index is 0.122. The molecule has 1 aliphatic heterocycles. The Morgan fingerprint density at radius 3 is 2.91 bits per heavy atom. The fraction of sp³-hybridized carbons (Fsp3) is 0.375. The summed E-state index contributed by atoms with van der Waals surface area (Å²) in [6, 6.07) is 10.4. The third-order valence-electron chi connectivity index (χ3n) is 3.86. The highest BCUT2D eigenvalue weighted by molar-refractivity contribution is 5.74. The molecule has 6 heteroatoms. The minimum Gasteiger partial charge on any atom is -0.369 e. The summed E-state index contributed by atoms with van der Waals surface area (Å²) in [7, 11) is 1.86.